The second kappa shape index (κ2) is 4.66. The van der Waals surface area contributed by atoms with Crippen LogP contribution in [-0.2, 0) is 0 Å². The number of piperazine rings is 1. The second-order valence-corrected chi connectivity index (χ2v) is 4.92. The van der Waals surface area contributed by atoms with Gasteiger partial charge < -0.3 is 20.2 Å². The third-order valence-corrected chi connectivity index (χ3v) is 3.77. The highest BCUT2D eigenvalue weighted by molar-refractivity contribution is 5.94. The summed E-state index contributed by atoms with van der Waals surface area (Å²) in [5, 5.41) is 11.9. The number of aromatic carboxylic acids is 1. The lowest BCUT2D eigenvalue weighted by molar-refractivity contribution is 0.0696. The third-order valence-electron chi connectivity index (χ3n) is 3.77. The van der Waals surface area contributed by atoms with E-state index in [0.717, 1.165) is 0 Å². The Labute approximate surface area is 114 Å². The normalized spacial score (nSPS) is 21.6. The summed E-state index contributed by atoms with van der Waals surface area (Å²) in [6, 6.07) is 3.88. The van der Waals surface area contributed by atoms with Crippen molar-refractivity contribution in [3.05, 3.63) is 29.6 Å². The third kappa shape index (κ3) is 1.95. The van der Waals surface area contributed by atoms with E-state index in [4.69, 9.17) is 0 Å². The van der Waals surface area contributed by atoms with Crippen LogP contribution in [0.5, 0.6) is 0 Å². The SMILES string of the molecule is O=C(O)c1cccc(F)c1N1CCN2C(=O)NCC2C1. The Bertz CT molecular complexity index is 578. The lowest BCUT2D eigenvalue weighted by Gasteiger charge is -2.38. The molecule has 1 atom stereocenters. The quantitative estimate of drug-likeness (QED) is 0.837. The van der Waals surface area contributed by atoms with Crippen molar-refractivity contribution >= 4 is 17.7 Å². The maximum Gasteiger partial charge on any atom is 0.337 e. The molecule has 0 aliphatic carbocycles. The molecule has 2 N–H and O–H groups in total. The molecule has 0 bridgehead atoms. The first-order chi connectivity index (χ1) is 9.58. The summed E-state index contributed by atoms with van der Waals surface area (Å²) in [5.74, 6) is -1.70. The number of anilines is 1. The number of amides is 2. The van der Waals surface area contributed by atoms with Gasteiger partial charge in [0.2, 0.25) is 0 Å². The van der Waals surface area contributed by atoms with Crippen LogP contribution in [0.15, 0.2) is 18.2 Å². The average molecular weight is 279 g/mol. The molecule has 0 radical (unpaired) electrons. The second-order valence-electron chi connectivity index (χ2n) is 4.92. The van der Waals surface area contributed by atoms with Gasteiger partial charge in [-0.2, -0.15) is 0 Å². The average Bonchev–Trinajstić information content (AvgIpc) is 2.79. The first-order valence-electron chi connectivity index (χ1n) is 6.39. The molecule has 1 aromatic rings. The molecule has 0 aromatic heterocycles. The monoisotopic (exact) mass is 279 g/mol. The number of carbonyl (C=O) groups is 2. The molecule has 2 saturated heterocycles. The van der Waals surface area contributed by atoms with Crippen molar-refractivity contribution < 1.29 is 19.1 Å². The van der Waals surface area contributed by atoms with Crippen LogP contribution in [0.4, 0.5) is 14.9 Å². The van der Waals surface area contributed by atoms with E-state index >= 15 is 0 Å². The molecule has 2 fully saturated rings. The van der Waals surface area contributed by atoms with Gasteiger partial charge in [-0.15, -0.1) is 0 Å². The molecule has 3 rings (SSSR count). The number of para-hydroxylation sites is 1. The number of hydrogen-bond donors (Lipinski definition) is 2. The Hall–Kier alpha value is -2.31. The molecule has 0 saturated carbocycles. The van der Waals surface area contributed by atoms with Crippen LogP contribution in [0, 0.1) is 5.82 Å². The summed E-state index contributed by atoms with van der Waals surface area (Å²) < 4.78 is 14.0. The number of carboxylic acid groups (broad SMARTS) is 1. The number of nitrogens with zero attached hydrogens (tertiary/aromatic N) is 2. The number of rotatable bonds is 2. The molecule has 7 heteroatoms. The standard InChI is InChI=1S/C13H14FN3O3/c14-10-3-1-2-9(12(18)19)11(10)16-4-5-17-8(7-16)6-15-13(17)20/h1-3,8H,4-7H2,(H,15,20)(H,18,19). The van der Waals surface area contributed by atoms with Crippen LogP contribution in [0.2, 0.25) is 0 Å². The Kier molecular flexibility index (Phi) is 2.96. The first kappa shape index (κ1) is 12.7. The van der Waals surface area contributed by atoms with Crippen molar-refractivity contribution in [3.63, 3.8) is 0 Å². The number of benzene rings is 1. The fourth-order valence-corrected chi connectivity index (χ4v) is 2.82. The summed E-state index contributed by atoms with van der Waals surface area (Å²) in [4.78, 5) is 26.2. The zero-order chi connectivity index (χ0) is 14.3. The summed E-state index contributed by atoms with van der Waals surface area (Å²) in [7, 11) is 0. The smallest absolute Gasteiger partial charge is 0.337 e. The predicted octanol–water partition coefficient (Wildman–Crippen LogP) is 0.738. The summed E-state index contributed by atoms with van der Waals surface area (Å²) in [6.45, 7) is 1.82. The van der Waals surface area contributed by atoms with Crippen LogP contribution >= 0.6 is 0 Å². The van der Waals surface area contributed by atoms with Crippen molar-refractivity contribution in [2.45, 2.75) is 6.04 Å². The number of halogens is 1. The highest BCUT2D eigenvalue weighted by Crippen LogP contribution is 2.27. The predicted molar refractivity (Wildman–Crippen MR) is 69.5 cm³/mol. The molecule has 2 aliphatic heterocycles. The van der Waals surface area contributed by atoms with Crippen molar-refractivity contribution in [3.8, 4) is 0 Å². The van der Waals surface area contributed by atoms with Gasteiger partial charge in [0, 0.05) is 26.2 Å². The van der Waals surface area contributed by atoms with E-state index in [1.807, 2.05) is 0 Å². The van der Waals surface area contributed by atoms with Gasteiger partial charge in [-0.1, -0.05) is 6.07 Å². The van der Waals surface area contributed by atoms with Gasteiger partial charge in [-0.25, -0.2) is 14.0 Å². The van der Waals surface area contributed by atoms with E-state index in [1.54, 1.807) is 9.80 Å². The molecule has 6 nitrogen and oxygen atoms in total. The molecule has 1 aromatic carbocycles. The summed E-state index contributed by atoms with van der Waals surface area (Å²) in [5.41, 5.74) is 0.0646. The Balaban J connectivity index is 1.91. The Morgan fingerprint density at radius 1 is 1.40 bits per heavy atom. The Morgan fingerprint density at radius 3 is 2.95 bits per heavy atom. The lowest BCUT2D eigenvalue weighted by atomic mass is 10.1. The van der Waals surface area contributed by atoms with Gasteiger partial charge in [0.15, 0.2) is 0 Å². The maximum atomic E-state index is 14.0. The van der Waals surface area contributed by atoms with E-state index in [2.05, 4.69) is 5.32 Å². The summed E-state index contributed by atoms with van der Waals surface area (Å²) >= 11 is 0. The fraction of sp³-hybridized carbons (Fsp3) is 0.385. The number of urea groups is 1. The molecule has 20 heavy (non-hydrogen) atoms. The van der Waals surface area contributed by atoms with E-state index in [0.29, 0.717) is 26.2 Å². The number of fused-ring (bicyclic) bond motifs is 1. The van der Waals surface area contributed by atoms with Crippen LogP contribution in [0.25, 0.3) is 0 Å². The molecule has 0 spiro atoms. The van der Waals surface area contributed by atoms with E-state index in [1.165, 1.54) is 18.2 Å². The highest BCUT2D eigenvalue weighted by atomic mass is 19.1. The van der Waals surface area contributed by atoms with Gasteiger partial charge >= 0.3 is 12.0 Å². The van der Waals surface area contributed by atoms with Gasteiger partial charge in [0.1, 0.15) is 5.82 Å². The largest absolute Gasteiger partial charge is 0.478 e. The molecule has 2 aliphatic rings. The van der Waals surface area contributed by atoms with Crippen LogP contribution in [-0.4, -0.2) is 54.2 Å². The topological polar surface area (TPSA) is 72.9 Å². The zero-order valence-electron chi connectivity index (χ0n) is 10.7. The van der Waals surface area contributed by atoms with Crippen molar-refractivity contribution in [2.24, 2.45) is 0 Å². The van der Waals surface area contributed by atoms with Gasteiger partial charge in [0.25, 0.3) is 0 Å². The molecule has 106 valence electrons. The van der Waals surface area contributed by atoms with Gasteiger partial charge in [-0.3, -0.25) is 0 Å². The number of carbonyl (C=O) groups excluding carboxylic acids is 1. The Morgan fingerprint density at radius 2 is 2.20 bits per heavy atom. The molecule has 1 unspecified atom stereocenters. The first-order valence-corrected chi connectivity index (χ1v) is 6.39. The molecule has 2 heterocycles. The summed E-state index contributed by atoms with van der Waals surface area (Å²) in [6.07, 6.45) is 0. The van der Waals surface area contributed by atoms with Crippen molar-refractivity contribution in [1.29, 1.82) is 0 Å². The fourth-order valence-electron chi connectivity index (χ4n) is 2.82. The van der Waals surface area contributed by atoms with Crippen LogP contribution in [0.3, 0.4) is 0 Å². The molecular weight excluding hydrogens is 265 g/mol. The number of hydrogen-bond acceptors (Lipinski definition) is 3. The van der Waals surface area contributed by atoms with Crippen LogP contribution in [0.1, 0.15) is 10.4 Å². The highest BCUT2D eigenvalue weighted by Gasteiger charge is 2.36. The maximum absolute atomic E-state index is 14.0. The van der Waals surface area contributed by atoms with E-state index in [9.17, 15) is 19.1 Å². The van der Waals surface area contributed by atoms with E-state index < -0.39 is 11.8 Å². The van der Waals surface area contributed by atoms with Gasteiger partial charge in [0.05, 0.1) is 17.3 Å². The van der Waals surface area contributed by atoms with Gasteiger partial charge in [-0.05, 0) is 12.1 Å². The zero-order valence-corrected chi connectivity index (χ0v) is 10.7. The number of nitrogens with one attached hydrogen (secondary N) is 1. The van der Waals surface area contributed by atoms with Crippen molar-refractivity contribution in [2.75, 3.05) is 31.1 Å². The van der Waals surface area contributed by atoms with Crippen LogP contribution < -0.4 is 10.2 Å². The minimum atomic E-state index is -1.15. The van der Waals surface area contributed by atoms with E-state index in [-0.39, 0.29) is 23.3 Å². The molecule has 2 amide bonds. The number of carboxylic acids is 1. The molecular formula is C13H14FN3O3. The minimum absolute atomic E-state index is 0.0440. The lowest BCUT2D eigenvalue weighted by Crippen LogP contribution is -2.52. The minimum Gasteiger partial charge on any atom is -0.478 e. The van der Waals surface area contributed by atoms with Crippen molar-refractivity contribution in [1.82, 2.24) is 10.2 Å².